The molecule has 0 spiro atoms. The maximum Gasteiger partial charge on any atom is 0.191 e. The predicted molar refractivity (Wildman–Crippen MR) is 52.1 cm³/mol. The molecule has 1 aliphatic heterocycles. The van der Waals surface area contributed by atoms with Crippen molar-refractivity contribution in [1.29, 1.82) is 0 Å². The van der Waals surface area contributed by atoms with Crippen LogP contribution >= 0.6 is 8.03 Å². The summed E-state index contributed by atoms with van der Waals surface area (Å²) in [7, 11) is -1.66. The summed E-state index contributed by atoms with van der Waals surface area (Å²) in [4.78, 5) is 0. The zero-order chi connectivity index (χ0) is 8.65. The van der Waals surface area contributed by atoms with Gasteiger partial charge in [0.15, 0.2) is 8.03 Å². The summed E-state index contributed by atoms with van der Waals surface area (Å²) >= 11 is 0. The van der Waals surface area contributed by atoms with Gasteiger partial charge in [-0.15, -0.1) is 0 Å². The second-order valence-electron chi connectivity index (χ2n) is 3.45. The van der Waals surface area contributed by atoms with Gasteiger partial charge in [-0.3, -0.25) is 4.57 Å². The first-order valence-corrected chi connectivity index (χ1v) is 6.57. The summed E-state index contributed by atoms with van der Waals surface area (Å²) in [6.45, 7) is 0.720. The van der Waals surface area contributed by atoms with Crippen molar-refractivity contribution >= 4 is 8.03 Å². The maximum atomic E-state index is 11.2. The molecule has 1 saturated heterocycles. The van der Waals surface area contributed by atoms with Gasteiger partial charge in [0.2, 0.25) is 0 Å². The van der Waals surface area contributed by atoms with Gasteiger partial charge in [-0.1, -0.05) is 32.1 Å². The van der Waals surface area contributed by atoms with Crippen molar-refractivity contribution in [1.82, 2.24) is 0 Å². The highest BCUT2D eigenvalue weighted by Crippen LogP contribution is 2.25. The lowest BCUT2D eigenvalue weighted by Crippen LogP contribution is -1.87. The summed E-state index contributed by atoms with van der Waals surface area (Å²) in [5.41, 5.74) is 0. The van der Waals surface area contributed by atoms with Gasteiger partial charge in [-0.2, -0.15) is 0 Å². The Labute approximate surface area is 75.6 Å². The molecule has 12 heavy (non-hydrogen) atoms. The van der Waals surface area contributed by atoms with Crippen LogP contribution in [0.4, 0.5) is 0 Å². The van der Waals surface area contributed by atoms with Gasteiger partial charge in [0.05, 0.1) is 6.61 Å². The Kier molecular flexibility index (Phi) is 5.72. The summed E-state index contributed by atoms with van der Waals surface area (Å²) in [5, 5.41) is 0. The topological polar surface area (TPSA) is 26.3 Å². The Morgan fingerprint density at radius 1 is 0.833 bits per heavy atom. The van der Waals surface area contributed by atoms with Gasteiger partial charge in [0.1, 0.15) is 0 Å². The third-order valence-corrected chi connectivity index (χ3v) is 3.58. The Bertz CT molecular complexity index is 122. The summed E-state index contributed by atoms with van der Waals surface area (Å²) in [5.74, 6) is 0. The number of rotatable bonds is 0. The molecule has 2 nitrogen and oxygen atoms in total. The van der Waals surface area contributed by atoms with Crippen LogP contribution < -0.4 is 0 Å². The van der Waals surface area contributed by atoms with E-state index in [0.29, 0.717) is 0 Å². The lowest BCUT2D eigenvalue weighted by atomic mass is 10.1. The molecule has 0 aromatic carbocycles. The van der Waals surface area contributed by atoms with Crippen LogP contribution in [0, 0.1) is 0 Å². The molecule has 1 unspecified atom stereocenters. The van der Waals surface area contributed by atoms with Crippen LogP contribution in [0.1, 0.15) is 44.9 Å². The minimum Gasteiger partial charge on any atom is -0.330 e. The molecule has 0 aromatic rings. The van der Waals surface area contributed by atoms with Gasteiger partial charge in [-0.25, -0.2) is 0 Å². The van der Waals surface area contributed by atoms with Crippen LogP contribution in [-0.2, 0) is 9.09 Å². The predicted octanol–water partition coefficient (Wildman–Crippen LogP) is 3.22. The second kappa shape index (κ2) is 6.68. The van der Waals surface area contributed by atoms with E-state index in [9.17, 15) is 4.57 Å². The van der Waals surface area contributed by atoms with Crippen LogP contribution in [0.15, 0.2) is 0 Å². The molecule has 0 radical (unpaired) electrons. The molecular weight excluding hydrogens is 171 g/mol. The highest BCUT2D eigenvalue weighted by molar-refractivity contribution is 7.39. The Balaban J connectivity index is 2.17. The van der Waals surface area contributed by atoms with Gasteiger partial charge in [-0.05, 0) is 12.8 Å². The zero-order valence-corrected chi connectivity index (χ0v) is 8.68. The molecule has 0 N–H and O–H groups in total. The van der Waals surface area contributed by atoms with Crippen molar-refractivity contribution in [3.63, 3.8) is 0 Å². The Hall–Kier alpha value is 0.190. The average Bonchev–Trinajstić information content (AvgIpc) is 2.11. The number of hydrogen-bond donors (Lipinski definition) is 0. The second-order valence-corrected chi connectivity index (χ2v) is 4.98. The summed E-state index contributed by atoms with van der Waals surface area (Å²) < 4.78 is 16.4. The minimum absolute atomic E-state index is 0.720. The van der Waals surface area contributed by atoms with Crippen molar-refractivity contribution in [2.24, 2.45) is 0 Å². The first kappa shape index (κ1) is 10.3. The van der Waals surface area contributed by atoms with Gasteiger partial charge in [0.25, 0.3) is 0 Å². The van der Waals surface area contributed by atoms with Crippen LogP contribution in [0.3, 0.4) is 0 Å². The van der Waals surface area contributed by atoms with Crippen molar-refractivity contribution in [2.75, 3.05) is 12.8 Å². The first-order valence-electron chi connectivity index (χ1n) is 5.05. The summed E-state index contributed by atoms with van der Waals surface area (Å²) in [6, 6.07) is 0. The van der Waals surface area contributed by atoms with Crippen molar-refractivity contribution < 1.29 is 9.09 Å². The molecule has 0 bridgehead atoms. The van der Waals surface area contributed by atoms with Crippen LogP contribution in [0.2, 0.25) is 0 Å². The molecule has 1 fully saturated rings. The molecule has 1 atom stereocenters. The van der Waals surface area contributed by atoms with E-state index < -0.39 is 8.03 Å². The fraction of sp³-hybridized carbons (Fsp3) is 1.00. The third-order valence-electron chi connectivity index (χ3n) is 2.29. The summed E-state index contributed by atoms with van der Waals surface area (Å²) in [6.07, 6.45) is 9.47. The standard InChI is InChI=1S/C9H19O2P/c10-12-9-7-5-3-1-2-4-6-8-11-12/h12H,1-9H2. The fourth-order valence-corrected chi connectivity index (χ4v) is 2.57. The molecule has 1 aliphatic rings. The highest BCUT2D eigenvalue weighted by Gasteiger charge is 2.01. The molecule has 1 heterocycles. The third kappa shape index (κ3) is 4.95. The van der Waals surface area contributed by atoms with E-state index in [1.54, 1.807) is 0 Å². The molecule has 72 valence electrons. The minimum atomic E-state index is -1.66. The van der Waals surface area contributed by atoms with Crippen LogP contribution in [-0.4, -0.2) is 12.8 Å². The van der Waals surface area contributed by atoms with E-state index in [-0.39, 0.29) is 0 Å². The van der Waals surface area contributed by atoms with Crippen molar-refractivity contribution in [3.05, 3.63) is 0 Å². The van der Waals surface area contributed by atoms with E-state index in [4.69, 9.17) is 4.52 Å². The maximum absolute atomic E-state index is 11.2. The Morgan fingerprint density at radius 3 is 2.17 bits per heavy atom. The molecule has 1 rings (SSSR count). The average molecular weight is 190 g/mol. The zero-order valence-electron chi connectivity index (χ0n) is 7.68. The Morgan fingerprint density at radius 2 is 1.42 bits per heavy atom. The normalized spacial score (nSPS) is 29.2. The molecule has 0 aliphatic carbocycles. The lowest BCUT2D eigenvalue weighted by Gasteiger charge is -2.01. The van der Waals surface area contributed by atoms with E-state index in [1.807, 2.05) is 0 Å². The molecular formula is C9H19O2P. The van der Waals surface area contributed by atoms with Gasteiger partial charge >= 0.3 is 0 Å². The van der Waals surface area contributed by atoms with Crippen LogP contribution in [0.5, 0.6) is 0 Å². The van der Waals surface area contributed by atoms with Gasteiger partial charge < -0.3 is 4.52 Å². The smallest absolute Gasteiger partial charge is 0.191 e. The molecule has 0 aromatic heterocycles. The largest absolute Gasteiger partial charge is 0.330 e. The van der Waals surface area contributed by atoms with E-state index >= 15 is 0 Å². The van der Waals surface area contributed by atoms with Crippen molar-refractivity contribution in [2.45, 2.75) is 44.9 Å². The first-order chi connectivity index (χ1) is 5.89. The monoisotopic (exact) mass is 190 g/mol. The van der Waals surface area contributed by atoms with Crippen molar-refractivity contribution in [3.8, 4) is 0 Å². The number of hydrogen-bond acceptors (Lipinski definition) is 2. The lowest BCUT2D eigenvalue weighted by molar-refractivity contribution is 0.317. The van der Waals surface area contributed by atoms with Crippen LogP contribution in [0.25, 0.3) is 0 Å². The molecule has 0 amide bonds. The SMILES string of the molecule is O=[PH]1CCCCCCCCCO1. The molecule has 0 saturated carbocycles. The van der Waals surface area contributed by atoms with E-state index in [2.05, 4.69) is 0 Å². The quantitative estimate of drug-likeness (QED) is 0.548. The molecule has 3 heteroatoms. The van der Waals surface area contributed by atoms with E-state index in [1.165, 1.54) is 32.1 Å². The highest BCUT2D eigenvalue weighted by atomic mass is 31.1. The van der Waals surface area contributed by atoms with Gasteiger partial charge in [0, 0.05) is 6.16 Å². The van der Waals surface area contributed by atoms with E-state index in [0.717, 1.165) is 25.6 Å². The fourth-order valence-electron chi connectivity index (χ4n) is 1.51.